The van der Waals surface area contributed by atoms with E-state index in [0.717, 1.165) is 38.8 Å². The van der Waals surface area contributed by atoms with Crippen LogP contribution in [0, 0.1) is 5.92 Å². The van der Waals surface area contributed by atoms with Gasteiger partial charge in [-0.05, 0) is 44.7 Å². The fourth-order valence-corrected chi connectivity index (χ4v) is 2.44. The Morgan fingerprint density at radius 2 is 2.00 bits per heavy atom. The summed E-state index contributed by atoms with van der Waals surface area (Å²) in [5, 5.41) is 3.32. The molecule has 1 aliphatic heterocycles. The van der Waals surface area contributed by atoms with E-state index in [-0.39, 0.29) is 18.4 Å². The SMILES string of the molecule is CCCN(CC(=O)OC)C(=O)CCC1CCNCC1. The molecule has 110 valence electrons. The van der Waals surface area contributed by atoms with Crippen LogP contribution in [0.15, 0.2) is 0 Å². The minimum Gasteiger partial charge on any atom is -0.468 e. The van der Waals surface area contributed by atoms with Crippen LogP contribution in [-0.4, -0.2) is 50.1 Å². The van der Waals surface area contributed by atoms with Gasteiger partial charge in [0.2, 0.25) is 5.91 Å². The Bertz CT molecular complexity index is 288. The Hall–Kier alpha value is -1.10. The standard InChI is InChI=1S/C14H26N2O3/c1-3-10-16(11-14(18)19-2)13(17)5-4-12-6-8-15-9-7-12/h12,15H,3-11H2,1-2H3. The quantitative estimate of drug-likeness (QED) is 0.706. The van der Waals surface area contributed by atoms with Gasteiger partial charge in [0.1, 0.15) is 6.54 Å². The first-order chi connectivity index (χ1) is 9.17. The second kappa shape index (κ2) is 8.91. The molecule has 0 atom stereocenters. The topological polar surface area (TPSA) is 58.6 Å². The van der Waals surface area contributed by atoms with E-state index in [2.05, 4.69) is 10.1 Å². The maximum absolute atomic E-state index is 12.1. The van der Waals surface area contributed by atoms with Gasteiger partial charge in [0.05, 0.1) is 7.11 Å². The highest BCUT2D eigenvalue weighted by Crippen LogP contribution is 2.18. The molecule has 1 aliphatic rings. The van der Waals surface area contributed by atoms with Gasteiger partial charge in [0.15, 0.2) is 0 Å². The highest BCUT2D eigenvalue weighted by molar-refractivity contribution is 5.82. The fraction of sp³-hybridized carbons (Fsp3) is 0.857. The summed E-state index contributed by atoms with van der Waals surface area (Å²) in [4.78, 5) is 25.0. The second-order valence-corrected chi connectivity index (χ2v) is 5.12. The zero-order valence-corrected chi connectivity index (χ0v) is 12.1. The molecule has 1 rings (SSSR count). The van der Waals surface area contributed by atoms with Crippen molar-refractivity contribution >= 4 is 11.9 Å². The molecule has 0 aromatic heterocycles. The van der Waals surface area contributed by atoms with E-state index in [9.17, 15) is 9.59 Å². The van der Waals surface area contributed by atoms with Crippen molar-refractivity contribution < 1.29 is 14.3 Å². The van der Waals surface area contributed by atoms with E-state index in [4.69, 9.17) is 0 Å². The van der Waals surface area contributed by atoms with Crippen LogP contribution in [0.1, 0.15) is 39.0 Å². The molecule has 1 amide bonds. The van der Waals surface area contributed by atoms with Crippen molar-refractivity contribution in [3.8, 4) is 0 Å². The number of carbonyl (C=O) groups excluding carboxylic acids is 2. The van der Waals surface area contributed by atoms with Gasteiger partial charge in [-0.1, -0.05) is 6.92 Å². The molecule has 1 saturated heterocycles. The number of carbonyl (C=O) groups is 2. The molecule has 0 aromatic carbocycles. The molecule has 0 saturated carbocycles. The van der Waals surface area contributed by atoms with Crippen molar-refractivity contribution in [2.24, 2.45) is 5.92 Å². The maximum atomic E-state index is 12.1. The van der Waals surface area contributed by atoms with E-state index in [0.29, 0.717) is 18.9 Å². The molecule has 0 aromatic rings. The van der Waals surface area contributed by atoms with Gasteiger partial charge in [0.25, 0.3) is 0 Å². The number of nitrogens with one attached hydrogen (secondary N) is 1. The van der Waals surface area contributed by atoms with Crippen molar-refractivity contribution in [3.05, 3.63) is 0 Å². The van der Waals surface area contributed by atoms with Gasteiger partial charge in [-0.3, -0.25) is 9.59 Å². The summed E-state index contributed by atoms with van der Waals surface area (Å²) in [5.74, 6) is 0.376. The number of amides is 1. The van der Waals surface area contributed by atoms with Crippen LogP contribution in [0.25, 0.3) is 0 Å². The van der Waals surface area contributed by atoms with Gasteiger partial charge in [-0.2, -0.15) is 0 Å². The Labute approximate surface area is 115 Å². The summed E-state index contributed by atoms with van der Waals surface area (Å²) in [7, 11) is 1.35. The van der Waals surface area contributed by atoms with E-state index < -0.39 is 0 Å². The summed E-state index contributed by atoms with van der Waals surface area (Å²) < 4.78 is 4.63. The molecule has 19 heavy (non-hydrogen) atoms. The number of nitrogens with zero attached hydrogens (tertiary/aromatic N) is 1. The first kappa shape index (κ1) is 16.0. The third-order valence-corrected chi connectivity index (χ3v) is 3.62. The maximum Gasteiger partial charge on any atom is 0.325 e. The number of ether oxygens (including phenoxy) is 1. The van der Waals surface area contributed by atoms with Crippen molar-refractivity contribution in [2.75, 3.05) is 33.3 Å². The Balaban J connectivity index is 2.35. The lowest BCUT2D eigenvalue weighted by molar-refractivity contribution is -0.147. The predicted octanol–water partition coefficient (Wildman–Crippen LogP) is 1.18. The third kappa shape index (κ3) is 6.05. The van der Waals surface area contributed by atoms with Gasteiger partial charge in [-0.15, -0.1) is 0 Å². The van der Waals surface area contributed by atoms with Crippen LogP contribution in [-0.2, 0) is 14.3 Å². The fourth-order valence-electron chi connectivity index (χ4n) is 2.44. The molecule has 0 spiro atoms. The van der Waals surface area contributed by atoms with Crippen molar-refractivity contribution in [1.29, 1.82) is 0 Å². The molecule has 0 aliphatic carbocycles. The summed E-state index contributed by atoms with van der Waals surface area (Å²) in [6, 6.07) is 0. The molecular formula is C14H26N2O3. The number of methoxy groups -OCH3 is 1. The lowest BCUT2D eigenvalue weighted by atomic mass is 9.93. The average molecular weight is 270 g/mol. The largest absolute Gasteiger partial charge is 0.468 e. The highest BCUT2D eigenvalue weighted by Gasteiger charge is 2.19. The first-order valence-electron chi connectivity index (χ1n) is 7.22. The van der Waals surface area contributed by atoms with Crippen molar-refractivity contribution in [2.45, 2.75) is 39.0 Å². The van der Waals surface area contributed by atoms with Gasteiger partial charge >= 0.3 is 5.97 Å². The van der Waals surface area contributed by atoms with Crippen LogP contribution in [0.3, 0.4) is 0 Å². The lowest BCUT2D eigenvalue weighted by Gasteiger charge is -2.24. The summed E-state index contributed by atoms with van der Waals surface area (Å²) in [5.41, 5.74) is 0. The summed E-state index contributed by atoms with van der Waals surface area (Å²) >= 11 is 0. The molecule has 5 heteroatoms. The molecule has 5 nitrogen and oxygen atoms in total. The molecule has 0 bridgehead atoms. The van der Waals surface area contributed by atoms with Crippen LogP contribution in [0.2, 0.25) is 0 Å². The molecule has 0 radical (unpaired) electrons. The monoisotopic (exact) mass is 270 g/mol. The zero-order chi connectivity index (χ0) is 14.1. The predicted molar refractivity (Wildman–Crippen MR) is 73.7 cm³/mol. The van der Waals surface area contributed by atoms with E-state index in [1.807, 2.05) is 6.92 Å². The van der Waals surface area contributed by atoms with Gasteiger partial charge in [-0.25, -0.2) is 0 Å². The molecule has 1 fully saturated rings. The number of piperidine rings is 1. The number of hydrogen-bond donors (Lipinski definition) is 1. The van der Waals surface area contributed by atoms with E-state index in [1.54, 1.807) is 4.90 Å². The smallest absolute Gasteiger partial charge is 0.325 e. The van der Waals surface area contributed by atoms with Crippen LogP contribution in [0.4, 0.5) is 0 Å². The molecule has 1 N–H and O–H groups in total. The molecule has 1 heterocycles. The van der Waals surface area contributed by atoms with Gasteiger partial charge < -0.3 is 15.0 Å². The second-order valence-electron chi connectivity index (χ2n) is 5.12. The first-order valence-corrected chi connectivity index (χ1v) is 7.22. The minimum atomic E-state index is -0.344. The zero-order valence-electron chi connectivity index (χ0n) is 12.1. The van der Waals surface area contributed by atoms with Crippen LogP contribution >= 0.6 is 0 Å². The Morgan fingerprint density at radius 1 is 1.32 bits per heavy atom. The number of rotatable bonds is 7. The summed E-state index contributed by atoms with van der Waals surface area (Å²) in [6.07, 6.45) is 4.63. The van der Waals surface area contributed by atoms with Crippen molar-refractivity contribution in [1.82, 2.24) is 10.2 Å². The Kier molecular flexibility index (Phi) is 7.48. The minimum absolute atomic E-state index is 0.0748. The van der Waals surface area contributed by atoms with Crippen molar-refractivity contribution in [3.63, 3.8) is 0 Å². The molecule has 0 unspecified atom stereocenters. The normalized spacial score (nSPS) is 16.1. The van der Waals surface area contributed by atoms with Gasteiger partial charge in [0, 0.05) is 13.0 Å². The highest BCUT2D eigenvalue weighted by atomic mass is 16.5. The summed E-state index contributed by atoms with van der Waals surface area (Å²) in [6.45, 7) is 4.82. The third-order valence-electron chi connectivity index (χ3n) is 3.62. The van der Waals surface area contributed by atoms with E-state index >= 15 is 0 Å². The number of hydrogen-bond acceptors (Lipinski definition) is 4. The van der Waals surface area contributed by atoms with E-state index in [1.165, 1.54) is 7.11 Å². The lowest BCUT2D eigenvalue weighted by Crippen LogP contribution is -2.37. The van der Waals surface area contributed by atoms with Crippen LogP contribution in [0.5, 0.6) is 0 Å². The Morgan fingerprint density at radius 3 is 2.58 bits per heavy atom. The average Bonchev–Trinajstić information content (AvgIpc) is 2.45. The number of esters is 1. The molecular weight excluding hydrogens is 244 g/mol. The van der Waals surface area contributed by atoms with Crippen LogP contribution < -0.4 is 5.32 Å².